The van der Waals surface area contributed by atoms with Crippen molar-refractivity contribution in [2.24, 2.45) is 5.73 Å². The standard InChI is InChI=1S/C14H12Cl2N2O/c15-12-5-2-6-13(16)11(12)8-18-10-4-1-3-9(7-10)14(17)19/h1-7,18H,8H2,(H2,17,19). The van der Waals surface area contributed by atoms with Crippen molar-refractivity contribution >= 4 is 34.8 Å². The van der Waals surface area contributed by atoms with Crippen molar-refractivity contribution in [3.63, 3.8) is 0 Å². The van der Waals surface area contributed by atoms with Gasteiger partial charge >= 0.3 is 0 Å². The Hall–Kier alpha value is -1.71. The third-order valence-electron chi connectivity index (χ3n) is 2.68. The van der Waals surface area contributed by atoms with Gasteiger partial charge in [-0.05, 0) is 30.3 Å². The Kier molecular flexibility index (Phi) is 4.30. The number of rotatable bonds is 4. The highest BCUT2D eigenvalue weighted by atomic mass is 35.5. The van der Waals surface area contributed by atoms with Crippen LogP contribution in [0.3, 0.4) is 0 Å². The van der Waals surface area contributed by atoms with Gasteiger partial charge in [0.15, 0.2) is 0 Å². The molecule has 0 heterocycles. The van der Waals surface area contributed by atoms with E-state index in [2.05, 4.69) is 5.32 Å². The monoisotopic (exact) mass is 294 g/mol. The minimum Gasteiger partial charge on any atom is -0.381 e. The quantitative estimate of drug-likeness (QED) is 0.903. The lowest BCUT2D eigenvalue weighted by Crippen LogP contribution is -2.11. The maximum atomic E-state index is 11.1. The highest BCUT2D eigenvalue weighted by Gasteiger charge is 2.06. The number of hydrogen-bond donors (Lipinski definition) is 2. The van der Waals surface area contributed by atoms with E-state index in [9.17, 15) is 4.79 Å². The zero-order chi connectivity index (χ0) is 13.8. The summed E-state index contributed by atoms with van der Waals surface area (Å²) in [4.78, 5) is 11.1. The molecule has 0 unspecified atom stereocenters. The minimum absolute atomic E-state index is 0.454. The van der Waals surface area contributed by atoms with Crippen LogP contribution in [0.5, 0.6) is 0 Å². The lowest BCUT2D eigenvalue weighted by atomic mass is 10.1. The molecule has 2 aromatic rings. The molecule has 0 saturated carbocycles. The molecule has 1 amide bonds. The predicted octanol–water partition coefficient (Wildman–Crippen LogP) is 3.70. The summed E-state index contributed by atoms with van der Waals surface area (Å²) in [5.41, 5.74) is 7.28. The first kappa shape index (κ1) is 13.7. The average Bonchev–Trinajstić information content (AvgIpc) is 2.38. The van der Waals surface area contributed by atoms with Gasteiger partial charge in [0.25, 0.3) is 0 Å². The molecule has 0 aromatic heterocycles. The maximum Gasteiger partial charge on any atom is 0.248 e. The van der Waals surface area contributed by atoms with Crippen molar-refractivity contribution in [3.8, 4) is 0 Å². The van der Waals surface area contributed by atoms with E-state index in [1.165, 1.54) is 0 Å². The predicted molar refractivity (Wildman–Crippen MR) is 78.7 cm³/mol. The SMILES string of the molecule is NC(=O)c1cccc(NCc2c(Cl)cccc2Cl)c1. The van der Waals surface area contributed by atoms with Crippen molar-refractivity contribution < 1.29 is 4.79 Å². The largest absolute Gasteiger partial charge is 0.381 e. The number of benzene rings is 2. The summed E-state index contributed by atoms with van der Waals surface area (Å²) < 4.78 is 0. The van der Waals surface area contributed by atoms with Gasteiger partial charge < -0.3 is 11.1 Å². The molecule has 3 N–H and O–H groups in total. The fourth-order valence-electron chi connectivity index (χ4n) is 1.67. The molecular weight excluding hydrogens is 283 g/mol. The van der Waals surface area contributed by atoms with Crippen LogP contribution in [0.2, 0.25) is 10.0 Å². The van der Waals surface area contributed by atoms with E-state index in [0.29, 0.717) is 22.2 Å². The Morgan fingerprint density at radius 1 is 1.11 bits per heavy atom. The van der Waals surface area contributed by atoms with Gasteiger partial charge in [0.05, 0.1) is 0 Å². The molecule has 0 bridgehead atoms. The molecule has 0 radical (unpaired) electrons. The molecule has 0 aliphatic carbocycles. The van der Waals surface area contributed by atoms with Gasteiger partial charge in [0.2, 0.25) is 5.91 Å². The van der Waals surface area contributed by atoms with Crippen LogP contribution < -0.4 is 11.1 Å². The number of primary amides is 1. The normalized spacial score (nSPS) is 10.2. The van der Waals surface area contributed by atoms with Gasteiger partial charge in [-0.2, -0.15) is 0 Å². The first-order chi connectivity index (χ1) is 9.08. The number of carbonyl (C=O) groups excluding carboxylic acids is 1. The van der Waals surface area contributed by atoms with E-state index in [1.54, 1.807) is 36.4 Å². The molecule has 2 aromatic carbocycles. The number of anilines is 1. The van der Waals surface area contributed by atoms with Crippen LogP contribution in [0, 0.1) is 0 Å². The van der Waals surface area contributed by atoms with Crippen molar-refractivity contribution in [1.29, 1.82) is 0 Å². The number of nitrogens with two attached hydrogens (primary N) is 1. The Bertz CT molecular complexity index is 594. The van der Waals surface area contributed by atoms with Gasteiger partial charge in [-0.15, -0.1) is 0 Å². The van der Waals surface area contributed by atoms with E-state index in [4.69, 9.17) is 28.9 Å². The summed E-state index contributed by atoms with van der Waals surface area (Å²) in [5, 5.41) is 4.37. The Labute approximate surface area is 121 Å². The molecule has 2 rings (SSSR count). The second kappa shape index (κ2) is 5.95. The lowest BCUT2D eigenvalue weighted by molar-refractivity contribution is 0.100. The van der Waals surface area contributed by atoms with E-state index in [-0.39, 0.29) is 0 Å². The van der Waals surface area contributed by atoms with Crippen molar-refractivity contribution in [1.82, 2.24) is 0 Å². The fraction of sp³-hybridized carbons (Fsp3) is 0.0714. The highest BCUT2D eigenvalue weighted by Crippen LogP contribution is 2.25. The number of carbonyl (C=O) groups is 1. The molecule has 0 fully saturated rings. The van der Waals surface area contributed by atoms with Gasteiger partial charge in [0, 0.05) is 33.4 Å². The Balaban J connectivity index is 2.15. The number of amides is 1. The molecule has 0 atom stereocenters. The highest BCUT2D eigenvalue weighted by molar-refractivity contribution is 6.36. The van der Waals surface area contributed by atoms with Crippen molar-refractivity contribution in [2.45, 2.75) is 6.54 Å². The molecule has 0 spiro atoms. The van der Waals surface area contributed by atoms with E-state index < -0.39 is 5.91 Å². The molecule has 98 valence electrons. The minimum atomic E-state index is -0.459. The van der Waals surface area contributed by atoms with Crippen LogP contribution in [0.4, 0.5) is 5.69 Å². The Morgan fingerprint density at radius 2 is 1.74 bits per heavy atom. The maximum absolute atomic E-state index is 11.1. The van der Waals surface area contributed by atoms with Gasteiger partial charge in [-0.1, -0.05) is 35.3 Å². The van der Waals surface area contributed by atoms with Crippen LogP contribution in [0.25, 0.3) is 0 Å². The summed E-state index contributed by atoms with van der Waals surface area (Å²) in [5.74, 6) is -0.459. The van der Waals surface area contributed by atoms with Gasteiger partial charge in [-0.3, -0.25) is 4.79 Å². The van der Waals surface area contributed by atoms with Crippen LogP contribution >= 0.6 is 23.2 Å². The lowest BCUT2D eigenvalue weighted by Gasteiger charge is -2.10. The van der Waals surface area contributed by atoms with Crippen LogP contribution in [0.1, 0.15) is 15.9 Å². The fourth-order valence-corrected chi connectivity index (χ4v) is 2.21. The van der Waals surface area contributed by atoms with Gasteiger partial charge in [0.1, 0.15) is 0 Å². The third-order valence-corrected chi connectivity index (χ3v) is 3.39. The molecular formula is C14H12Cl2N2O. The molecule has 0 aliphatic heterocycles. The van der Waals surface area contributed by atoms with E-state index in [1.807, 2.05) is 6.07 Å². The topological polar surface area (TPSA) is 55.1 Å². The number of nitrogens with one attached hydrogen (secondary N) is 1. The summed E-state index contributed by atoms with van der Waals surface area (Å²) in [6.45, 7) is 0.473. The zero-order valence-electron chi connectivity index (χ0n) is 9.99. The molecule has 0 saturated heterocycles. The second-order valence-corrected chi connectivity index (χ2v) is 4.81. The van der Waals surface area contributed by atoms with Crippen LogP contribution in [-0.2, 0) is 6.54 Å². The third kappa shape index (κ3) is 3.40. The molecule has 19 heavy (non-hydrogen) atoms. The van der Waals surface area contributed by atoms with Crippen molar-refractivity contribution in [3.05, 3.63) is 63.6 Å². The second-order valence-electron chi connectivity index (χ2n) is 4.00. The molecule has 0 aliphatic rings. The first-order valence-corrected chi connectivity index (χ1v) is 6.40. The molecule has 3 nitrogen and oxygen atoms in total. The average molecular weight is 295 g/mol. The summed E-state index contributed by atoms with van der Waals surface area (Å²) in [6.07, 6.45) is 0. The van der Waals surface area contributed by atoms with Crippen LogP contribution in [-0.4, -0.2) is 5.91 Å². The summed E-state index contributed by atoms with van der Waals surface area (Å²) in [6, 6.07) is 12.3. The number of halogens is 2. The summed E-state index contributed by atoms with van der Waals surface area (Å²) in [7, 11) is 0. The van der Waals surface area contributed by atoms with E-state index in [0.717, 1.165) is 11.3 Å². The Morgan fingerprint density at radius 3 is 2.37 bits per heavy atom. The molecule has 5 heteroatoms. The van der Waals surface area contributed by atoms with Gasteiger partial charge in [-0.25, -0.2) is 0 Å². The van der Waals surface area contributed by atoms with E-state index >= 15 is 0 Å². The first-order valence-electron chi connectivity index (χ1n) is 5.64. The smallest absolute Gasteiger partial charge is 0.248 e. The van der Waals surface area contributed by atoms with Crippen LogP contribution in [0.15, 0.2) is 42.5 Å². The zero-order valence-corrected chi connectivity index (χ0v) is 11.5. The van der Waals surface area contributed by atoms with Crippen molar-refractivity contribution in [2.75, 3.05) is 5.32 Å². The number of hydrogen-bond acceptors (Lipinski definition) is 2. The summed E-state index contributed by atoms with van der Waals surface area (Å²) >= 11 is 12.2.